The van der Waals surface area contributed by atoms with Crippen molar-refractivity contribution in [2.24, 2.45) is 17.4 Å². The molecule has 0 aliphatic carbocycles. The van der Waals surface area contributed by atoms with Gasteiger partial charge in [-0.05, 0) is 18.8 Å². The number of primary amides is 1. The number of carbonyl (C=O) groups excluding carboxylic acids is 3. The lowest BCUT2D eigenvalue weighted by atomic mass is 10.0. The molecule has 0 radical (unpaired) electrons. The summed E-state index contributed by atoms with van der Waals surface area (Å²) in [6.07, 6.45) is 0.376. The Hall–Kier alpha value is -2.16. The van der Waals surface area contributed by atoms with Gasteiger partial charge in [0.05, 0.1) is 6.04 Å². The zero-order valence-corrected chi connectivity index (χ0v) is 12.8. The molecule has 0 saturated carbocycles. The van der Waals surface area contributed by atoms with Gasteiger partial charge in [0.25, 0.3) is 0 Å². The van der Waals surface area contributed by atoms with Crippen molar-refractivity contribution in [1.82, 2.24) is 10.6 Å². The van der Waals surface area contributed by atoms with Crippen molar-refractivity contribution in [2.75, 3.05) is 6.54 Å². The highest BCUT2D eigenvalue weighted by molar-refractivity contribution is 5.91. The van der Waals surface area contributed by atoms with Gasteiger partial charge >= 0.3 is 5.97 Å². The number of carboxylic acids is 1. The predicted octanol–water partition coefficient (Wildman–Crippen LogP) is -1.69. The van der Waals surface area contributed by atoms with E-state index < -0.39 is 42.3 Å². The van der Waals surface area contributed by atoms with E-state index in [1.807, 2.05) is 13.8 Å². The molecule has 0 rings (SSSR count). The Balaban J connectivity index is 4.62. The quantitative estimate of drug-likeness (QED) is 0.322. The highest BCUT2D eigenvalue weighted by atomic mass is 16.4. The second-order valence-electron chi connectivity index (χ2n) is 5.41. The standard InChI is InChI=1S/C13H24N4O5/c1-7(2)5-9(13(22)16-6-11(19)20)17-12(21)8(14)3-4-10(15)18/h7-9H,3-6,14H2,1-2H3,(H2,15,18)(H,16,22)(H,17,21)(H,19,20)/t8-,9-/m0/s1. The Morgan fingerprint density at radius 3 is 2.18 bits per heavy atom. The molecular formula is C13H24N4O5. The number of hydrogen-bond acceptors (Lipinski definition) is 5. The van der Waals surface area contributed by atoms with E-state index in [4.69, 9.17) is 16.6 Å². The maximum Gasteiger partial charge on any atom is 0.322 e. The third kappa shape index (κ3) is 8.90. The van der Waals surface area contributed by atoms with Crippen LogP contribution in [0.5, 0.6) is 0 Å². The maximum absolute atomic E-state index is 11.9. The summed E-state index contributed by atoms with van der Waals surface area (Å²) in [5.41, 5.74) is 10.6. The van der Waals surface area contributed by atoms with Crippen molar-refractivity contribution in [1.29, 1.82) is 0 Å². The highest BCUT2D eigenvalue weighted by Gasteiger charge is 2.24. The van der Waals surface area contributed by atoms with Gasteiger partial charge in [0.1, 0.15) is 12.6 Å². The molecule has 126 valence electrons. The summed E-state index contributed by atoms with van der Waals surface area (Å²) in [5.74, 6) is -2.83. The first kappa shape index (κ1) is 19.8. The molecule has 0 saturated heterocycles. The van der Waals surface area contributed by atoms with E-state index in [0.29, 0.717) is 6.42 Å². The molecule has 3 amide bonds. The summed E-state index contributed by atoms with van der Waals surface area (Å²) in [6.45, 7) is 3.18. The van der Waals surface area contributed by atoms with Gasteiger partial charge in [-0.2, -0.15) is 0 Å². The van der Waals surface area contributed by atoms with Gasteiger partial charge in [-0.3, -0.25) is 19.2 Å². The number of aliphatic carboxylic acids is 1. The maximum atomic E-state index is 11.9. The van der Waals surface area contributed by atoms with E-state index >= 15 is 0 Å². The van der Waals surface area contributed by atoms with Crippen molar-refractivity contribution < 1.29 is 24.3 Å². The molecule has 0 spiro atoms. The van der Waals surface area contributed by atoms with Crippen LogP contribution in [0.25, 0.3) is 0 Å². The van der Waals surface area contributed by atoms with Gasteiger partial charge in [0, 0.05) is 6.42 Å². The van der Waals surface area contributed by atoms with Crippen LogP contribution in [0.1, 0.15) is 33.1 Å². The smallest absolute Gasteiger partial charge is 0.322 e. The zero-order valence-electron chi connectivity index (χ0n) is 12.8. The summed E-state index contributed by atoms with van der Waals surface area (Å²) >= 11 is 0. The number of hydrogen-bond donors (Lipinski definition) is 5. The zero-order chi connectivity index (χ0) is 17.3. The lowest BCUT2D eigenvalue weighted by Gasteiger charge is -2.21. The summed E-state index contributed by atoms with van der Waals surface area (Å²) in [5, 5.41) is 13.2. The lowest BCUT2D eigenvalue weighted by molar-refractivity contribution is -0.138. The summed E-state index contributed by atoms with van der Waals surface area (Å²) < 4.78 is 0. The Morgan fingerprint density at radius 1 is 1.14 bits per heavy atom. The van der Waals surface area contributed by atoms with Crippen LogP contribution in [0.3, 0.4) is 0 Å². The first-order valence-corrected chi connectivity index (χ1v) is 6.97. The molecule has 0 aromatic rings. The van der Waals surface area contributed by atoms with Gasteiger partial charge in [0.2, 0.25) is 17.7 Å². The molecule has 7 N–H and O–H groups in total. The normalized spacial score (nSPS) is 13.3. The molecule has 0 heterocycles. The third-order valence-electron chi connectivity index (χ3n) is 2.79. The van der Waals surface area contributed by atoms with Crippen LogP contribution >= 0.6 is 0 Å². The highest BCUT2D eigenvalue weighted by Crippen LogP contribution is 2.06. The second-order valence-corrected chi connectivity index (χ2v) is 5.41. The Bertz CT molecular complexity index is 425. The van der Waals surface area contributed by atoms with E-state index in [1.54, 1.807) is 0 Å². The largest absolute Gasteiger partial charge is 0.480 e. The number of nitrogens with two attached hydrogens (primary N) is 2. The summed E-state index contributed by atoms with van der Waals surface area (Å²) in [6, 6.07) is -1.85. The first-order valence-electron chi connectivity index (χ1n) is 6.97. The summed E-state index contributed by atoms with van der Waals surface area (Å²) in [4.78, 5) is 44.9. The van der Waals surface area contributed by atoms with Crippen LogP contribution in [0.4, 0.5) is 0 Å². The average molecular weight is 316 g/mol. The Morgan fingerprint density at radius 2 is 1.73 bits per heavy atom. The molecule has 0 unspecified atom stereocenters. The van der Waals surface area contributed by atoms with Crippen LogP contribution in [0.15, 0.2) is 0 Å². The fraction of sp³-hybridized carbons (Fsp3) is 0.692. The Kier molecular flexibility index (Phi) is 8.76. The van der Waals surface area contributed by atoms with Crippen molar-refractivity contribution in [3.05, 3.63) is 0 Å². The minimum absolute atomic E-state index is 0.0331. The van der Waals surface area contributed by atoms with E-state index in [1.165, 1.54) is 0 Å². The minimum Gasteiger partial charge on any atom is -0.480 e. The minimum atomic E-state index is -1.18. The lowest BCUT2D eigenvalue weighted by Crippen LogP contribution is -2.52. The van der Waals surface area contributed by atoms with Crippen molar-refractivity contribution in [3.8, 4) is 0 Å². The molecule has 22 heavy (non-hydrogen) atoms. The van der Waals surface area contributed by atoms with Crippen molar-refractivity contribution in [3.63, 3.8) is 0 Å². The molecule has 0 aromatic carbocycles. The van der Waals surface area contributed by atoms with E-state index in [-0.39, 0.29) is 18.8 Å². The topological polar surface area (TPSA) is 165 Å². The molecule has 9 nitrogen and oxygen atoms in total. The molecule has 0 bridgehead atoms. The molecule has 9 heteroatoms. The first-order chi connectivity index (χ1) is 10.1. The van der Waals surface area contributed by atoms with Crippen LogP contribution in [0, 0.1) is 5.92 Å². The van der Waals surface area contributed by atoms with Gasteiger partial charge < -0.3 is 27.2 Å². The third-order valence-corrected chi connectivity index (χ3v) is 2.79. The number of nitrogens with one attached hydrogen (secondary N) is 2. The van der Waals surface area contributed by atoms with Crippen LogP contribution in [-0.4, -0.2) is 47.4 Å². The molecule has 0 aliphatic rings. The molecular weight excluding hydrogens is 292 g/mol. The number of amides is 3. The predicted molar refractivity (Wildman–Crippen MR) is 78.4 cm³/mol. The van der Waals surface area contributed by atoms with Gasteiger partial charge in [-0.25, -0.2) is 0 Å². The molecule has 2 atom stereocenters. The van der Waals surface area contributed by atoms with E-state index in [2.05, 4.69) is 10.6 Å². The van der Waals surface area contributed by atoms with Gasteiger partial charge in [0.15, 0.2) is 0 Å². The van der Waals surface area contributed by atoms with Gasteiger partial charge in [-0.1, -0.05) is 13.8 Å². The average Bonchev–Trinajstić information content (AvgIpc) is 2.40. The van der Waals surface area contributed by atoms with Crippen LogP contribution in [0.2, 0.25) is 0 Å². The second kappa shape index (κ2) is 9.72. The van der Waals surface area contributed by atoms with Gasteiger partial charge in [-0.15, -0.1) is 0 Å². The SMILES string of the molecule is CC(C)C[C@H](NC(=O)[C@@H](N)CCC(N)=O)C(=O)NCC(=O)O. The van der Waals surface area contributed by atoms with Crippen LogP contribution in [-0.2, 0) is 19.2 Å². The van der Waals surface area contributed by atoms with Crippen molar-refractivity contribution in [2.45, 2.75) is 45.2 Å². The van der Waals surface area contributed by atoms with Crippen LogP contribution < -0.4 is 22.1 Å². The molecule has 0 aromatic heterocycles. The summed E-state index contributed by atoms with van der Waals surface area (Å²) in [7, 11) is 0. The molecule has 0 fully saturated rings. The monoisotopic (exact) mass is 316 g/mol. The van der Waals surface area contributed by atoms with Crippen molar-refractivity contribution >= 4 is 23.7 Å². The number of carboxylic acid groups (broad SMARTS) is 1. The fourth-order valence-electron chi connectivity index (χ4n) is 1.70. The number of carbonyl (C=O) groups is 4. The fourth-order valence-corrected chi connectivity index (χ4v) is 1.70. The molecule has 0 aliphatic heterocycles. The number of rotatable bonds is 10. The van der Waals surface area contributed by atoms with E-state index in [9.17, 15) is 19.2 Å². The van der Waals surface area contributed by atoms with E-state index in [0.717, 1.165) is 0 Å². The Labute approximate surface area is 128 Å².